The van der Waals surface area contributed by atoms with Crippen LogP contribution in [-0.2, 0) is 29.1 Å². The molecule has 1 N–H and O–H groups in total. The highest BCUT2D eigenvalue weighted by Crippen LogP contribution is 2.26. The number of halogens is 1. The number of hydrogen-bond acceptors (Lipinski definition) is 3. The zero-order chi connectivity index (χ0) is 24.9. The number of nitrogens with one attached hydrogen (secondary N) is 1. The van der Waals surface area contributed by atoms with Gasteiger partial charge in [-0.05, 0) is 62.1 Å². The maximum absolute atomic E-state index is 13.8. The van der Waals surface area contributed by atoms with Crippen LogP contribution in [-0.4, -0.2) is 33.1 Å². The minimum atomic E-state index is -0.660. The highest BCUT2D eigenvalue weighted by atomic mass is 35.5. The van der Waals surface area contributed by atoms with Crippen LogP contribution < -0.4 is 5.32 Å². The lowest BCUT2D eigenvalue weighted by atomic mass is 9.96. The SMILES string of the molecule is CCC(C(=O)Nc1ccc(Cl)cc1)N(Cc1ccccc1)C(=O)Cn1c(C)cc2c1CCCC2=O. The smallest absolute Gasteiger partial charge is 0.247 e. The standard InChI is InChI=1S/C28H30ClN3O3/c1-3-24(28(35)30-22-14-12-21(29)13-15-22)32(17-20-8-5-4-6-9-20)27(34)18-31-19(2)16-23-25(31)10-7-11-26(23)33/h4-6,8-9,12-16,24H,3,7,10-11,17-18H2,1-2H3,(H,30,35). The highest BCUT2D eigenvalue weighted by Gasteiger charge is 2.30. The van der Waals surface area contributed by atoms with E-state index in [1.165, 1.54) is 0 Å². The average Bonchev–Trinajstić information content (AvgIpc) is 3.17. The van der Waals surface area contributed by atoms with Gasteiger partial charge in [-0.3, -0.25) is 14.4 Å². The van der Waals surface area contributed by atoms with Crippen LogP contribution in [0.5, 0.6) is 0 Å². The van der Waals surface area contributed by atoms with Gasteiger partial charge in [0.15, 0.2) is 5.78 Å². The molecule has 0 saturated carbocycles. The van der Waals surface area contributed by atoms with Crippen molar-refractivity contribution in [3.63, 3.8) is 0 Å². The average molecular weight is 492 g/mol. The van der Waals surface area contributed by atoms with Gasteiger partial charge in [0.05, 0.1) is 0 Å². The molecule has 4 rings (SSSR count). The summed E-state index contributed by atoms with van der Waals surface area (Å²) in [6.07, 6.45) is 2.57. The first-order valence-corrected chi connectivity index (χ1v) is 12.4. The van der Waals surface area contributed by atoms with E-state index in [4.69, 9.17) is 11.6 Å². The Labute approximate surface area is 210 Å². The Balaban J connectivity index is 1.61. The van der Waals surface area contributed by atoms with Crippen molar-refractivity contribution < 1.29 is 14.4 Å². The van der Waals surface area contributed by atoms with Crippen LogP contribution in [0.15, 0.2) is 60.7 Å². The molecule has 0 radical (unpaired) electrons. The van der Waals surface area contributed by atoms with Gasteiger partial charge in [-0.2, -0.15) is 0 Å². The van der Waals surface area contributed by atoms with Crippen LogP contribution in [0.4, 0.5) is 5.69 Å². The normalized spacial score (nSPS) is 13.7. The number of ketones is 1. The largest absolute Gasteiger partial charge is 0.339 e. The van der Waals surface area contributed by atoms with Gasteiger partial charge in [-0.1, -0.05) is 48.9 Å². The van der Waals surface area contributed by atoms with Gasteiger partial charge in [-0.25, -0.2) is 0 Å². The number of aromatic nitrogens is 1. The van der Waals surface area contributed by atoms with Crippen molar-refractivity contribution in [1.82, 2.24) is 9.47 Å². The summed E-state index contributed by atoms with van der Waals surface area (Å²) in [7, 11) is 0. The van der Waals surface area contributed by atoms with Crippen molar-refractivity contribution in [1.29, 1.82) is 0 Å². The van der Waals surface area contributed by atoms with Crippen LogP contribution in [0.3, 0.4) is 0 Å². The fourth-order valence-corrected chi connectivity index (χ4v) is 4.82. The monoisotopic (exact) mass is 491 g/mol. The third-order valence-electron chi connectivity index (χ3n) is 6.52. The van der Waals surface area contributed by atoms with E-state index in [-0.39, 0.29) is 24.1 Å². The van der Waals surface area contributed by atoms with Crippen molar-refractivity contribution in [3.8, 4) is 0 Å². The number of carbonyl (C=O) groups excluding carboxylic acids is 3. The molecule has 2 aromatic carbocycles. The quantitative estimate of drug-likeness (QED) is 0.457. The van der Waals surface area contributed by atoms with E-state index in [2.05, 4.69) is 5.32 Å². The van der Waals surface area contributed by atoms with Crippen LogP contribution in [0.1, 0.15) is 53.5 Å². The number of benzene rings is 2. The number of amides is 2. The molecule has 2 amide bonds. The van der Waals surface area contributed by atoms with E-state index in [0.717, 1.165) is 35.4 Å². The first-order chi connectivity index (χ1) is 16.9. The molecule has 0 fully saturated rings. The molecule has 182 valence electrons. The Hall–Kier alpha value is -3.38. The maximum atomic E-state index is 13.8. The predicted molar refractivity (Wildman–Crippen MR) is 138 cm³/mol. The zero-order valence-corrected chi connectivity index (χ0v) is 20.8. The van der Waals surface area contributed by atoms with E-state index in [1.807, 2.05) is 54.8 Å². The van der Waals surface area contributed by atoms with Gasteiger partial charge in [-0.15, -0.1) is 0 Å². The zero-order valence-electron chi connectivity index (χ0n) is 20.1. The molecule has 1 unspecified atom stereocenters. The first kappa shape index (κ1) is 24.7. The Morgan fingerprint density at radius 1 is 1.09 bits per heavy atom. The Kier molecular flexibility index (Phi) is 7.71. The number of carbonyl (C=O) groups is 3. The minimum Gasteiger partial charge on any atom is -0.339 e. The molecule has 0 spiro atoms. The highest BCUT2D eigenvalue weighted by molar-refractivity contribution is 6.30. The van der Waals surface area contributed by atoms with Gasteiger partial charge < -0.3 is 14.8 Å². The van der Waals surface area contributed by atoms with Gasteiger partial charge in [0.25, 0.3) is 0 Å². The number of Topliss-reactive ketones (excluding diaryl/α,β-unsaturated/α-hetero) is 1. The summed E-state index contributed by atoms with van der Waals surface area (Å²) in [5.41, 5.74) is 4.10. The number of hydrogen-bond donors (Lipinski definition) is 1. The lowest BCUT2D eigenvalue weighted by Gasteiger charge is -2.31. The number of nitrogens with zero attached hydrogens (tertiary/aromatic N) is 2. The van der Waals surface area contributed by atoms with Gasteiger partial charge in [0, 0.05) is 40.6 Å². The molecule has 6 nitrogen and oxygen atoms in total. The summed E-state index contributed by atoms with van der Waals surface area (Å²) in [5, 5.41) is 3.51. The van der Waals surface area contributed by atoms with Crippen molar-refractivity contribution in [2.75, 3.05) is 5.32 Å². The molecule has 7 heteroatoms. The van der Waals surface area contributed by atoms with Crippen molar-refractivity contribution in [2.45, 2.75) is 58.7 Å². The van der Waals surface area contributed by atoms with E-state index in [1.54, 1.807) is 29.2 Å². The third-order valence-corrected chi connectivity index (χ3v) is 6.77. The molecule has 1 aliphatic rings. The summed E-state index contributed by atoms with van der Waals surface area (Å²) >= 11 is 5.97. The third kappa shape index (κ3) is 5.65. The molecular formula is C28H30ClN3O3. The lowest BCUT2D eigenvalue weighted by molar-refractivity contribution is -0.140. The van der Waals surface area contributed by atoms with E-state index in [0.29, 0.717) is 30.1 Å². The van der Waals surface area contributed by atoms with Gasteiger partial charge in [0.2, 0.25) is 11.8 Å². The predicted octanol–water partition coefficient (Wildman–Crippen LogP) is 5.42. The fraction of sp³-hybridized carbons (Fsp3) is 0.321. The second-order valence-corrected chi connectivity index (χ2v) is 9.37. The molecular weight excluding hydrogens is 462 g/mol. The van der Waals surface area contributed by atoms with Crippen LogP contribution in [0.25, 0.3) is 0 Å². The summed E-state index contributed by atoms with van der Waals surface area (Å²) in [5.74, 6) is -0.275. The van der Waals surface area contributed by atoms with Gasteiger partial charge in [0.1, 0.15) is 12.6 Å². The molecule has 1 atom stereocenters. The van der Waals surface area contributed by atoms with E-state index in [9.17, 15) is 14.4 Å². The van der Waals surface area contributed by atoms with E-state index < -0.39 is 6.04 Å². The Morgan fingerprint density at radius 2 is 1.80 bits per heavy atom. The van der Waals surface area contributed by atoms with Gasteiger partial charge >= 0.3 is 0 Å². The summed E-state index contributed by atoms with van der Waals surface area (Å²) in [4.78, 5) is 41.1. The number of rotatable bonds is 8. The molecule has 1 aliphatic carbocycles. The van der Waals surface area contributed by atoms with Crippen molar-refractivity contribution >= 4 is 34.9 Å². The minimum absolute atomic E-state index is 0.0893. The summed E-state index contributed by atoms with van der Waals surface area (Å²) < 4.78 is 1.94. The molecule has 35 heavy (non-hydrogen) atoms. The molecule has 1 heterocycles. The summed E-state index contributed by atoms with van der Waals surface area (Å²) in [6.45, 7) is 4.23. The molecule has 1 aromatic heterocycles. The summed E-state index contributed by atoms with van der Waals surface area (Å²) in [6, 6.07) is 17.8. The first-order valence-electron chi connectivity index (χ1n) is 12.0. The number of anilines is 1. The number of aryl methyl sites for hydroxylation is 1. The molecule has 0 saturated heterocycles. The van der Waals surface area contributed by atoms with Crippen molar-refractivity contribution in [3.05, 3.63) is 88.2 Å². The fourth-order valence-electron chi connectivity index (χ4n) is 4.70. The number of fused-ring (bicyclic) bond motifs is 1. The van der Waals surface area contributed by atoms with E-state index >= 15 is 0 Å². The second-order valence-electron chi connectivity index (χ2n) is 8.94. The Morgan fingerprint density at radius 3 is 2.49 bits per heavy atom. The molecule has 3 aromatic rings. The second kappa shape index (κ2) is 10.9. The maximum Gasteiger partial charge on any atom is 0.247 e. The lowest BCUT2D eigenvalue weighted by Crippen LogP contribution is -2.48. The van der Waals surface area contributed by atoms with Crippen LogP contribution in [0.2, 0.25) is 5.02 Å². The topological polar surface area (TPSA) is 71.4 Å². The Bertz CT molecular complexity index is 1220. The van der Waals surface area contributed by atoms with Crippen molar-refractivity contribution in [2.24, 2.45) is 0 Å². The molecule has 0 bridgehead atoms. The van der Waals surface area contributed by atoms with Crippen LogP contribution >= 0.6 is 11.6 Å². The van der Waals surface area contributed by atoms with Crippen LogP contribution in [0, 0.1) is 6.92 Å². The molecule has 0 aliphatic heterocycles.